The van der Waals surface area contributed by atoms with E-state index in [-0.39, 0.29) is 29.6 Å². The van der Waals surface area contributed by atoms with Crippen molar-refractivity contribution in [2.75, 3.05) is 17.7 Å². The second-order valence-electron chi connectivity index (χ2n) is 10.2. The Bertz CT molecular complexity index is 1500. The molecule has 1 aromatic heterocycles. The van der Waals surface area contributed by atoms with Gasteiger partial charge < -0.3 is 16.0 Å². The van der Waals surface area contributed by atoms with Crippen LogP contribution >= 0.6 is 11.6 Å². The molecule has 0 aliphatic carbocycles. The standard InChI is InChI=1S/C29H29ClFN5O2/c1-29(2,3)15-25(37)33-16-17-5-12-23(30)22(13-17)28(38)34-20-10-11-21-24(14-20)35-26(36-27(21)32-4)18-6-8-19(31)9-7-18/h5-14H,15-16H2,1-4H3,(H,33,37)(H,34,38)(H,32,35,36). The highest BCUT2D eigenvalue weighted by Crippen LogP contribution is 2.28. The predicted molar refractivity (Wildman–Crippen MR) is 150 cm³/mol. The van der Waals surface area contributed by atoms with Crippen LogP contribution in [-0.2, 0) is 11.3 Å². The summed E-state index contributed by atoms with van der Waals surface area (Å²) in [6.07, 6.45) is 0.400. The minimum atomic E-state index is -0.390. The average Bonchev–Trinajstić information content (AvgIpc) is 2.86. The highest BCUT2D eigenvalue weighted by Gasteiger charge is 2.17. The molecule has 38 heavy (non-hydrogen) atoms. The van der Waals surface area contributed by atoms with Crippen molar-refractivity contribution in [3.8, 4) is 11.4 Å². The van der Waals surface area contributed by atoms with Gasteiger partial charge in [0.05, 0.1) is 16.1 Å². The number of hydrogen-bond donors (Lipinski definition) is 3. The fraction of sp³-hybridized carbons (Fsp3) is 0.241. The van der Waals surface area contributed by atoms with Crippen molar-refractivity contribution in [3.63, 3.8) is 0 Å². The zero-order valence-corrected chi connectivity index (χ0v) is 22.4. The van der Waals surface area contributed by atoms with Gasteiger partial charge in [0.15, 0.2) is 5.82 Å². The SMILES string of the molecule is CNc1nc(-c2ccc(F)cc2)nc2cc(NC(=O)c3cc(CNC(=O)CC(C)(C)C)ccc3Cl)ccc12. The van der Waals surface area contributed by atoms with Crippen LogP contribution in [0.3, 0.4) is 0 Å². The number of nitrogens with zero attached hydrogens (tertiary/aromatic N) is 2. The van der Waals surface area contributed by atoms with Crippen LogP contribution in [0.5, 0.6) is 0 Å². The first kappa shape index (κ1) is 27.0. The predicted octanol–water partition coefficient (Wildman–Crippen LogP) is 6.44. The van der Waals surface area contributed by atoms with E-state index < -0.39 is 0 Å². The van der Waals surface area contributed by atoms with Crippen LogP contribution in [-0.4, -0.2) is 28.8 Å². The summed E-state index contributed by atoms with van der Waals surface area (Å²) in [5.74, 6) is 0.242. The normalized spacial score (nSPS) is 11.3. The molecule has 0 spiro atoms. The zero-order valence-electron chi connectivity index (χ0n) is 21.7. The number of carbonyl (C=O) groups excluding carboxylic acids is 2. The van der Waals surface area contributed by atoms with Crippen molar-refractivity contribution in [2.45, 2.75) is 33.7 Å². The summed E-state index contributed by atoms with van der Waals surface area (Å²) in [4.78, 5) is 34.5. The van der Waals surface area contributed by atoms with Crippen LogP contribution in [0.1, 0.15) is 43.1 Å². The van der Waals surface area contributed by atoms with E-state index in [4.69, 9.17) is 11.6 Å². The third kappa shape index (κ3) is 6.63. The van der Waals surface area contributed by atoms with Crippen molar-refractivity contribution in [2.24, 2.45) is 5.41 Å². The van der Waals surface area contributed by atoms with Gasteiger partial charge in [0.25, 0.3) is 5.91 Å². The fourth-order valence-corrected chi connectivity index (χ4v) is 4.13. The lowest BCUT2D eigenvalue weighted by Gasteiger charge is -2.17. The number of aromatic nitrogens is 2. The van der Waals surface area contributed by atoms with Gasteiger partial charge in [-0.25, -0.2) is 14.4 Å². The van der Waals surface area contributed by atoms with Crippen LogP contribution in [0.4, 0.5) is 15.9 Å². The largest absolute Gasteiger partial charge is 0.373 e. The molecule has 0 aliphatic heterocycles. The molecule has 3 aromatic carbocycles. The molecule has 0 saturated carbocycles. The molecule has 0 atom stereocenters. The number of rotatable bonds is 7. The molecule has 0 bridgehead atoms. The quantitative estimate of drug-likeness (QED) is 0.254. The number of carbonyl (C=O) groups is 2. The Morgan fingerprint density at radius 2 is 1.71 bits per heavy atom. The summed E-state index contributed by atoms with van der Waals surface area (Å²) >= 11 is 6.34. The Labute approximate surface area is 225 Å². The Morgan fingerprint density at radius 3 is 2.39 bits per heavy atom. The minimum absolute atomic E-state index is 0.0578. The van der Waals surface area contributed by atoms with E-state index >= 15 is 0 Å². The molecule has 2 amide bonds. The number of benzene rings is 3. The first-order valence-electron chi connectivity index (χ1n) is 12.1. The van der Waals surface area contributed by atoms with E-state index in [1.54, 1.807) is 49.5 Å². The Kier molecular flexibility index (Phi) is 7.92. The van der Waals surface area contributed by atoms with Crippen LogP contribution < -0.4 is 16.0 Å². The Balaban J connectivity index is 1.56. The van der Waals surface area contributed by atoms with E-state index in [0.717, 1.165) is 10.9 Å². The van der Waals surface area contributed by atoms with Crippen molar-refractivity contribution < 1.29 is 14.0 Å². The zero-order chi connectivity index (χ0) is 27.4. The summed E-state index contributed by atoms with van der Waals surface area (Å²) in [6.45, 7) is 6.29. The average molecular weight is 534 g/mol. The molecule has 0 saturated heterocycles. The van der Waals surface area contributed by atoms with Gasteiger partial charge in [0.1, 0.15) is 11.6 Å². The molecular weight excluding hydrogens is 505 g/mol. The molecule has 4 aromatic rings. The monoisotopic (exact) mass is 533 g/mol. The van der Waals surface area contributed by atoms with E-state index in [1.807, 2.05) is 26.8 Å². The van der Waals surface area contributed by atoms with Gasteiger partial charge >= 0.3 is 0 Å². The number of fused-ring (bicyclic) bond motifs is 1. The summed E-state index contributed by atoms with van der Waals surface area (Å²) in [6, 6.07) is 16.3. The van der Waals surface area contributed by atoms with E-state index in [9.17, 15) is 14.0 Å². The maximum absolute atomic E-state index is 13.4. The second kappa shape index (κ2) is 11.1. The van der Waals surface area contributed by atoms with Gasteiger partial charge in [-0.3, -0.25) is 9.59 Å². The molecule has 4 rings (SSSR count). The molecule has 7 nitrogen and oxygen atoms in total. The first-order valence-corrected chi connectivity index (χ1v) is 12.5. The topological polar surface area (TPSA) is 96.0 Å². The molecule has 0 unspecified atom stereocenters. The lowest BCUT2D eigenvalue weighted by Crippen LogP contribution is -2.27. The molecule has 0 fully saturated rings. The summed E-state index contributed by atoms with van der Waals surface area (Å²) in [5.41, 5.74) is 2.72. The molecule has 3 N–H and O–H groups in total. The van der Waals surface area contributed by atoms with Gasteiger partial charge in [-0.1, -0.05) is 38.4 Å². The molecule has 1 heterocycles. The third-order valence-electron chi connectivity index (χ3n) is 5.75. The molecule has 196 valence electrons. The van der Waals surface area contributed by atoms with Gasteiger partial charge in [-0.2, -0.15) is 0 Å². The van der Waals surface area contributed by atoms with Crippen molar-refractivity contribution in [1.29, 1.82) is 0 Å². The first-order chi connectivity index (χ1) is 18.0. The number of halogens is 2. The van der Waals surface area contributed by atoms with Gasteiger partial charge in [0.2, 0.25) is 5.91 Å². The van der Waals surface area contributed by atoms with E-state index in [0.29, 0.717) is 45.4 Å². The van der Waals surface area contributed by atoms with E-state index in [1.165, 1.54) is 12.1 Å². The lowest BCUT2D eigenvalue weighted by atomic mass is 9.92. The number of hydrogen-bond acceptors (Lipinski definition) is 5. The van der Waals surface area contributed by atoms with Crippen molar-refractivity contribution >= 4 is 45.8 Å². The fourth-order valence-electron chi connectivity index (χ4n) is 3.93. The maximum Gasteiger partial charge on any atom is 0.257 e. The summed E-state index contributed by atoms with van der Waals surface area (Å²) < 4.78 is 13.4. The smallest absolute Gasteiger partial charge is 0.257 e. The Morgan fingerprint density at radius 1 is 0.974 bits per heavy atom. The highest BCUT2D eigenvalue weighted by molar-refractivity contribution is 6.34. The highest BCUT2D eigenvalue weighted by atomic mass is 35.5. The van der Waals surface area contributed by atoms with Crippen LogP contribution in [0.2, 0.25) is 5.02 Å². The molecular formula is C29H29ClFN5O2. The second-order valence-corrected chi connectivity index (χ2v) is 10.6. The molecule has 0 radical (unpaired) electrons. The van der Waals surface area contributed by atoms with Crippen LogP contribution in [0.15, 0.2) is 60.7 Å². The number of nitrogens with one attached hydrogen (secondary N) is 3. The number of anilines is 2. The molecule has 0 aliphatic rings. The number of amides is 2. The van der Waals surface area contributed by atoms with Gasteiger partial charge in [-0.05, 0) is 65.6 Å². The maximum atomic E-state index is 13.4. The van der Waals surface area contributed by atoms with Crippen molar-refractivity contribution in [1.82, 2.24) is 15.3 Å². The third-order valence-corrected chi connectivity index (χ3v) is 6.08. The minimum Gasteiger partial charge on any atom is -0.373 e. The summed E-state index contributed by atoms with van der Waals surface area (Å²) in [7, 11) is 1.76. The summed E-state index contributed by atoms with van der Waals surface area (Å²) in [5, 5.41) is 9.89. The molecule has 9 heteroatoms. The van der Waals surface area contributed by atoms with E-state index in [2.05, 4.69) is 25.9 Å². The Hall–Kier alpha value is -4.04. The lowest BCUT2D eigenvalue weighted by molar-refractivity contribution is -0.122. The van der Waals surface area contributed by atoms with Crippen LogP contribution in [0, 0.1) is 11.2 Å². The van der Waals surface area contributed by atoms with Gasteiger partial charge in [-0.15, -0.1) is 0 Å². The van der Waals surface area contributed by atoms with Crippen molar-refractivity contribution in [3.05, 3.63) is 82.6 Å². The van der Waals surface area contributed by atoms with Gasteiger partial charge in [0, 0.05) is 36.7 Å². The van der Waals surface area contributed by atoms with Crippen LogP contribution in [0.25, 0.3) is 22.3 Å².